The lowest BCUT2D eigenvalue weighted by Gasteiger charge is -2.05. The zero-order valence-electron chi connectivity index (χ0n) is 18.7. The van der Waals surface area contributed by atoms with Crippen LogP contribution in [0.1, 0.15) is 16.1 Å². The Hall–Kier alpha value is -3.69. The van der Waals surface area contributed by atoms with E-state index in [-0.39, 0.29) is 24.8 Å². The van der Waals surface area contributed by atoms with Gasteiger partial charge < -0.3 is 20.1 Å². The summed E-state index contributed by atoms with van der Waals surface area (Å²) >= 11 is 2.76. The molecule has 0 aliphatic rings. The fourth-order valence-electron chi connectivity index (χ4n) is 3.22. The van der Waals surface area contributed by atoms with E-state index >= 15 is 0 Å². The van der Waals surface area contributed by atoms with Crippen LogP contribution in [-0.2, 0) is 4.79 Å². The van der Waals surface area contributed by atoms with E-state index in [2.05, 4.69) is 10.6 Å². The van der Waals surface area contributed by atoms with Gasteiger partial charge in [0.25, 0.3) is 5.91 Å². The first-order valence-corrected chi connectivity index (χ1v) is 12.2. The van der Waals surface area contributed by atoms with E-state index in [1.165, 1.54) is 22.7 Å². The van der Waals surface area contributed by atoms with Crippen LogP contribution in [0, 0.1) is 0 Å². The summed E-state index contributed by atoms with van der Waals surface area (Å²) in [5.74, 6) is 1.11. The summed E-state index contributed by atoms with van der Waals surface area (Å²) in [6.07, 6.45) is 0.145. The molecule has 4 aromatic rings. The lowest BCUT2D eigenvalue weighted by Crippen LogP contribution is -2.27. The van der Waals surface area contributed by atoms with Crippen LogP contribution < -0.4 is 20.1 Å². The minimum Gasteiger partial charge on any atom is -0.497 e. The Balaban J connectivity index is 1.50. The van der Waals surface area contributed by atoms with Crippen molar-refractivity contribution in [1.29, 1.82) is 0 Å². The Morgan fingerprint density at radius 3 is 2.15 bits per heavy atom. The largest absolute Gasteiger partial charge is 0.497 e. The number of benzene rings is 2. The average molecular weight is 494 g/mol. The van der Waals surface area contributed by atoms with Crippen molar-refractivity contribution < 1.29 is 19.1 Å². The van der Waals surface area contributed by atoms with Crippen molar-refractivity contribution in [3.63, 3.8) is 0 Å². The zero-order valence-corrected chi connectivity index (χ0v) is 20.3. The monoisotopic (exact) mass is 493 g/mol. The van der Waals surface area contributed by atoms with Crippen molar-refractivity contribution in [3.05, 3.63) is 70.9 Å². The molecule has 7 nitrogen and oxygen atoms in total. The van der Waals surface area contributed by atoms with Gasteiger partial charge in [0.1, 0.15) is 11.5 Å². The van der Waals surface area contributed by atoms with E-state index in [9.17, 15) is 9.59 Å². The number of hydrogen-bond acceptors (Lipinski definition) is 7. The Morgan fingerprint density at radius 2 is 1.56 bits per heavy atom. The van der Waals surface area contributed by atoms with Gasteiger partial charge in [0.05, 0.1) is 29.7 Å². The highest BCUT2D eigenvalue weighted by molar-refractivity contribution is 7.19. The fourth-order valence-corrected chi connectivity index (χ4v) is 4.87. The van der Waals surface area contributed by atoms with Gasteiger partial charge in [-0.05, 0) is 65.5 Å². The highest BCUT2D eigenvalue weighted by Crippen LogP contribution is 2.40. The molecule has 34 heavy (non-hydrogen) atoms. The number of methoxy groups -OCH3 is 2. The third-order valence-corrected chi connectivity index (χ3v) is 6.86. The summed E-state index contributed by atoms with van der Waals surface area (Å²) in [4.78, 5) is 30.8. The molecule has 0 fully saturated rings. The number of rotatable bonds is 9. The molecule has 4 rings (SSSR count). The van der Waals surface area contributed by atoms with Crippen LogP contribution in [0.15, 0.2) is 66.0 Å². The van der Waals surface area contributed by atoms with Crippen molar-refractivity contribution in [2.45, 2.75) is 6.42 Å². The maximum Gasteiger partial charge on any atom is 0.261 e. The van der Waals surface area contributed by atoms with E-state index in [1.807, 2.05) is 60.0 Å². The summed E-state index contributed by atoms with van der Waals surface area (Å²) in [5.41, 5.74) is 2.64. The number of thiophene rings is 1. The fraction of sp³-hybridized carbons (Fsp3) is 0.160. The predicted molar refractivity (Wildman–Crippen MR) is 136 cm³/mol. The number of thiazole rings is 1. The second-order valence-electron chi connectivity index (χ2n) is 7.19. The molecule has 0 unspecified atom stereocenters. The molecular formula is C25H23N3O4S2. The minimum atomic E-state index is -0.220. The van der Waals surface area contributed by atoms with Crippen molar-refractivity contribution in [2.24, 2.45) is 0 Å². The van der Waals surface area contributed by atoms with Gasteiger partial charge in [-0.3, -0.25) is 9.59 Å². The average Bonchev–Trinajstić information content (AvgIpc) is 3.55. The topological polar surface area (TPSA) is 89.5 Å². The zero-order chi connectivity index (χ0) is 23.9. The van der Waals surface area contributed by atoms with Crippen molar-refractivity contribution >= 4 is 39.6 Å². The van der Waals surface area contributed by atoms with Crippen LogP contribution in [0.25, 0.3) is 21.7 Å². The lowest BCUT2D eigenvalue weighted by atomic mass is 10.1. The molecule has 0 radical (unpaired) electrons. The van der Waals surface area contributed by atoms with E-state index in [0.717, 1.165) is 33.2 Å². The molecule has 0 saturated heterocycles. The Bertz CT molecular complexity index is 1190. The van der Waals surface area contributed by atoms with E-state index in [0.29, 0.717) is 10.0 Å². The van der Waals surface area contributed by atoms with Gasteiger partial charge in [0, 0.05) is 18.5 Å². The normalized spacial score (nSPS) is 10.5. The Morgan fingerprint density at radius 1 is 0.912 bits per heavy atom. The third kappa shape index (κ3) is 5.62. The number of ether oxygens (including phenoxy) is 2. The molecule has 174 valence electrons. The van der Waals surface area contributed by atoms with Gasteiger partial charge in [-0.1, -0.05) is 17.4 Å². The summed E-state index contributed by atoms with van der Waals surface area (Å²) in [7, 11) is 3.25. The van der Waals surface area contributed by atoms with E-state index < -0.39 is 0 Å². The van der Waals surface area contributed by atoms with Crippen molar-refractivity contribution in [1.82, 2.24) is 10.3 Å². The van der Waals surface area contributed by atoms with Crippen LogP contribution in [0.5, 0.6) is 11.5 Å². The summed E-state index contributed by atoms with van der Waals surface area (Å²) in [6.45, 7) is 0.241. The van der Waals surface area contributed by atoms with Crippen LogP contribution in [0.4, 0.5) is 5.13 Å². The highest BCUT2D eigenvalue weighted by atomic mass is 32.1. The SMILES string of the molecule is COc1ccc(-c2nc(NC(=O)CCNC(=O)c3cccs3)sc2-c2ccc(OC)cc2)cc1. The number of nitrogens with zero attached hydrogens (tertiary/aromatic N) is 1. The smallest absolute Gasteiger partial charge is 0.261 e. The number of carbonyl (C=O) groups is 2. The van der Waals surface area contributed by atoms with Gasteiger partial charge in [-0.25, -0.2) is 4.98 Å². The molecule has 2 amide bonds. The second kappa shape index (κ2) is 11.0. The summed E-state index contributed by atoms with van der Waals surface area (Å²) in [6, 6.07) is 18.9. The van der Waals surface area contributed by atoms with E-state index in [1.54, 1.807) is 20.3 Å². The number of amides is 2. The number of hydrogen-bond donors (Lipinski definition) is 2. The summed E-state index contributed by atoms with van der Waals surface area (Å²) in [5, 5.41) is 7.96. The molecule has 2 aromatic heterocycles. The van der Waals surface area contributed by atoms with Crippen LogP contribution in [0.3, 0.4) is 0 Å². The molecule has 2 heterocycles. The van der Waals surface area contributed by atoms with Gasteiger partial charge in [-0.15, -0.1) is 11.3 Å². The lowest BCUT2D eigenvalue weighted by molar-refractivity contribution is -0.116. The highest BCUT2D eigenvalue weighted by Gasteiger charge is 2.17. The van der Waals surface area contributed by atoms with Gasteiger partial charge in [0.2, 0.25) is 5.91 Å². The van der Waals surface area contributed by atoms with Crippen molar-refractivity contribution in [3.8, 4) is 33.2 Å². The molecule has 0 atom stereocenters. The molecule has 0 bridgehead atoms. The molecule has 0 saturated carbocycles. The standard InChI is InChI=1S/C25H23N3O4S2/c1-31-18-9-5-16(6-10-18)22-23(17-7-11-19(32-2)12-8-17)34-25(28-22)27-21(29)13-14-26-24(30)20-4-3-15-33-20/h3-12,15H,13-14H2,1-2H3,(H,26,30)(H,27,28,29). The first-order chi connectivity index (χ1) is 16.6. The molecular weight excluding hydrogens is 470 g/mol. The number of carbonyl (C=O) groups excluding carboxylic acids is 2. The minimum absolute atomic E-state index is 0.145. The first-order valence-electron chi connectivity index (χ1n) is 10.5. The number of aromatic nitrogens is 1. The molecule has 2 N–H and O–H groups in total. The number of nitrogens with one attached hydrogen (secondary N) is 2. The maximum atomic E-state index is 12.5. The molecule has 0 aliphatic heterocycles. The predicted octanol–water partition coefficient (Wildman–Crippen LogP) is 5.31. The van der Waals surface area contributed by atoms with Crippen LogP contribution in [0.2, 0.25) is 0 Å². The molecule has 0 spiro atoms. The second-order valence-corrected chi connectivity index (χ2v) is 9.13. The quantitative estimate of drug-likeness (QED) is 0.330. The number of anilines is 1. The Kier molecular flexibility index (Phi) is 7.56. The maximum absolute atomic E-state index is 12.5. The van der Waals surface area contributed by atoms with Crippen LogP contribution in [-0.4, -0.2) is 37.6 Å². The van der Waals surface area contributed by atoms with Crippen LogP contribution >= 0.6 is 22.7 Å². The third-order valence-electron chi connectivity index (χ3n) is 4.97. The van der Waals surface area contributed by atoms with Gasteiger partial charge in [0.15, 0.2) is 5.13 Å². The van der Waals surface area contributed by atoms with Gasteiger partial charge in [-0.2, -0.15) is 0 Å². The molecule has 9 heteroatoms. The molecule has 0 aliphatic carbocycles. The Labute approximate surface area is 205 Å². The van der Waals surface area contributed by atoms with Crippen molar-refractivity contribution in [2.75, 3.05) is 26.1 Å². The van der Waals surface area contributed by atoms with Gasteiger partial charge >= 0.3 is 0 Å². The van der Waals surface area contributed by atoms with E-state index in [4.69, 9.17) is 14.5 Å². The first kappa shape index (κ1) is 23.5. The summed E-state index contributed by atoms with van der Waals surface area (Å²) < 4.78 is 10.5. The molecule has 2 aromatic carbocycles.